The average Bonchev–Trinajstić information content (AvgIpc) is 3.13. The molecular weight excluding hydrogens is 394 g/mol. The summed E-state index contributed by atoms with van der Waals surface area (Å²) in [6, 6.07) is 12.9. The fourth-order valence-electron chi connectivity index (χ4n) is 3.67. The van der Waals surface area contributed by atoms with E-state index in [9.17, 15) is 13.2 Å². The summed E-state index contributed by atoms with van der Waals surface area (Å²) in [5.41, 5.74) is 0.742. The van der Waals surface area contributed by atoms with Gasteiger partial charge in [-0.05, 0) is 21.6 Å². The van der Waals surface area contributed by atoms with E-state index in [1.54, 1.807) is 5.01 Å². The molecule has 3 aromatic rings. The third-order valence-corrected chi connectivity index (χ3v) is 6.39. The number of sulfonamides is 1. The molecule has 1 saturated heterocycles. The van der Waals surface area contributed by atoms with Crippen LogP contribution in [0.3, 0.4) is 0 Å². The Kier molecular flexibility index (Phi) is 4.97. The Morgan fingerprint density at radius 1 is 1.24 bits per heavy atom. The van der Waals surface area contributed by atoms with Crippen molar-refractivity contribution in [3.8, 4) is 0 Å². The van der Waals surface area contributed by atoms with Crippen LogP contribution in [-0.2, 0) is 21.2 Å². The number of piperazine rings is 1. The summed E-state index contributed by atoms with van der Waals surface area (Å²) >= 11 is 0. The average molecular weight is 415 g/mol. The molecule has 1 aliphatic heterocycles. The highest BCUT2D eigenvalue weighted by atomic mass is 32.2. The Labute approximate surface area is 167 Å². The topological polar surface area (TPSA) is 113 Å². The van der Waals surface area contributed by atoms with Gasteiger partial charge in [-0.3, -0.25) is 15.2 Å². The summed E-state index contributed by atoms with van der Waals surface area (Å²) in [5, 5.41) is 15.0. The van der Waals surface area contributed by atoms with Crippen LogP contribution in [0.25, 0.3) is 10.8 Å². The van der Waals surface area contributed by atoms with Crippen LogP contribution in [0.5, 0.6) is 0 Å². The molecule has 152 valence electrons. The van der Waals surface area contributed by atoms with Crippen molar-refractivity contribution in [2.24, 2.45) is 0 Å². The second-order valence-electron chi connectivity index (χ2n) is 7.07. The third-order valence-electron chi connectivity index (χ3n) is 5.12. The molecule has 1 aromatic heterocycles. The van der Waals surface area contributed by atoms with Crippen molar-refractivity contribution in [3.05, 3.63) is 59.8 Å². The van der Waals surface area contributed by atoms with E-state index in [1.807, 2.05) is 42.5 Å². The molecular formula is C19H21N5O4S. The van der Waals surface area contributed by atoms with E-state index in [-0.39, 0.29) is 37.4 Å². The van der Waals surface area contributed by atoms with Gasteiger partial charge in [0, 0.05) is 26.1 Å². The van der Waals surface area contributed by atoms with E-state index in [0.717, 1.165) is 22.6 Å². The minimum absolute atomic E-state index is 0.0234. The Morgan fingerprint density at radius 3 is 2.72 bits per heavy atom. The largest absolute Gasteiger partial charge is 0.380 e. The number of benzene rings is 2. The smallest absolute Gasteiger partial charge is 0.286 e. The number of rotatable bonds is 5. The first-order valence-corrected chi connectivity index (χ1v) is 11.0. The minimum atomic E-state index is -3.44. The van der Waals surface area contributed by atoms with Crippen LogP contribution in [0.1, 0.15) is 5.56 Å². The highest BCUT2D eigenvalue weighted by Crippen LogP contribution is 2.20. The number of aromatic nitrogens is 2. The fourth-order valence-corrected chi connectivity index (χ4v) is 4.50. The van der Waals surface area contributed by atoms with Gasteiger partial charge in [-0.2, -0.15) is 0 Å². The van der Waals surface area contributed by atoms with Gasteiger partial charge < -0.3 is 4.52 Å². The first-order valence-electron chi connectivity index (χ1n) is 9.14. The maximum absolute atomic E-state index is 13.3. The zero-order valence-corrected chi connectivity index (χ0v) is 16.7. The molecule has 0 aliphatic carbocycles. The summed E-state index contributed by atoms with van der Waals surface area (Å²) < 4.78 is 30.2. The zero-order valence-electron chi connectivity index (χ0n) is 15.9. The van der Waals surface area contributed by atoms with Gasteiger partial charge in [-0.1, -0.05) is 47.3 Å². The van der Waals surface area contributed by atoms with Crippen LogP contribution in [0.15, 0.2) is 53.2 Å². The number of nitrogens with zero attached hydrogens (tertiary/aromatic N) is 4. The monoisotopic (exact) mass is 415 g/mol. The number of nitrogens with one attached hydrogen (secondary N) is 1. The van der Waals surface area contributed by atoms with Gasteiger partial charge in [0.2, 0.25) is 10.0 Å². The molecule has 0 radical (unpaired) electrons. The summed E-state index contributed by atoms with van der Waals surface area (Å²) in [7, 11) is -3.44. The molecule has 2 aromatic carbocycles. The molecule has 0 amide bonds. The first-order chi connectivity index (χ1) is 13.8. The Bertz CT molecular complexity index is 1210. The standard InChI is InChI=1S/C19H21N5O4S/c1-29(26,27)22-9-10-23(24-13-19(20)28-21-24)17(12-22)18(25)11-15-7-4-6-14-5-2-3-8-16(14)15/h2-8,13,17,20H,9-12H2,1H3. The lowest BCUT2D eigenvalue weighted by Crippen LogP contribution is -2.73. The van der Waals surface area contributed by atoms with Gasteiger partial charge in [0.1, 0.15) is 5.78 Å². The lowest BCUT2D eigenvalue weighted by molar-refractivity contribution is -0.766. The molecule has 1 N–H and O–H groups in total. The molecule has 1 fully saturated rings. The Balaban J connectivity index is 1.66. The van der Waals surface area contributed by atoms with Crippen LogP contribution < -0.4 is 20.6 Å². The molecule has 0 bridgehead atoms. The lowest BCUT2D eigenvalue weighted by Gasteiger charge is -2.40. The van der Waals surface area contributed by atoms with Crippen molar-refractivity contribution in [1.82, 2.24) is 9.58 Å². The molecule has 10 heteroatoms. The highest BCUT2D eigenvalue weighted by Gasteiger charge is 2.36. The highest BCUT2D eigenvalue weighted by molar-refractivity contribution is 7.88. The quantitative estimate of drug-likeness (QED) is 0.565. The molecule has 4 rings (SSSR count). The maximum atomic E-state index is 13.3. The van der Waals surface area contributed by atoms with Gasteiger partial charge in [0.15, 0.2) is 0 Å². The van der Waals surface area contributed by atoms with Crippen LogP contribution in [0.4, 0.5) is 0 Å². The number of fused-ring (bicyclic) bond motifs is 1. The SMILES string of the molecule is CS(=O)(=O)N1CCN([n+]2cc(=N)o[n-]2)C(C(=O)Cc2cccc3ccccc23)C1. The van der Waals surface area contributed by atoms with Gasteiger partial charge in [0.25, 0.3) is 11.8 Å². The number of hydrogen-bond donors (Lipinski definition) is 1. The zero-order chi connectivity index (χ0) is 20.6. The predicted octanol–water partition coefficient (Wildman–Crippen LogP) is -0.449. The number of carbonyl (C=O) groups excluding carboxylic acids is 1. The van der Waals surface area contributed by atoms with Crippen LogP contribution in [0.2, 0.25) is 0 Å². The number of Topliss-reactive ketones (excluding diaryl/α,β-unsaturated/α-hetero) is 1. The molecule has 1 aliphatic rings. The molecule has 9 nitrogen and oxygen atoms in total. The normalized spacial score (nSPS) is 18.2. The molecule has 29 heavy (non-hydrogen) atoms. The van der Waals surface area contributed by atoms with Gasteiger partial charge >= 0.3 is 0 Å². The number of carbonyl (C=O) groups is 1. The third kappa shape index (κ3) is 3.94. The van der Waals surface area contributed by atoms with Crippen molar-refractivity contribution in [1.29, 1.82) is 5.41 Å². The van der Waals surface area contributed by atoms with Crippen LogP contribution in [0, 0.1) is 5.41 Å². The van der Waals surface area contributed by atoms with Crippen molar-refractivity contribution in [2.75, 3.05) is 30.9 Å². The predicted molar refractivity (Wildman–Crippen MR) is 104 cm³/mol. The van der Waals surface area contributed by atoms with Crippen LogP contribution >= 0.6 is 0 Å². The van der Waals surface area contributed by atoms with Crippen molar-refractivity contribution >= 4 is 26.6 Å². The lowest BCUT2D eigenvalue weighted by atomic mass is 9.97. The van der Waals surface area contributed by atoms with E-state index in [0.29, 0.717) is 0 Å². The van der Waals surface area contributed by atoms with Crippen molar-refractivity contribution < 1.29 is 22.5 Å². The number of ketones is 1. The van der Waals surface area contributed by atoms with Crippen molar-refractivity contribution in [2.45, 2.75) is 12.5 Å². The summed E-state index contributed by atoms with van der Waals surface area (Å²) in [5.74, 6) is -0.128. The van der Waals surface area contributed by atoms with E-state index in [1.165, 1.54) is 15.3 Å². The summed E-state index contributed by atoms with van der Waals surface area (Å²) in [4.78, 5) is 14.6. The maximum Gasteiger partial charge on any atom is 0.286 e. The molecule has 1 atom stereocenters. The summed E-state index contributed by atoms with van der Waals surface area (Å²) in [6.45, 7) is 0.509. The Morgan fingerprint density at radius 2 is 2.00 bits per heavy atom. The molecule has 0 saturated carbocycles. The molecule has 1 unspecified atom stereocenters. The van der Waals surface area contributed by atoms with E-state index < -0.39 is 16.1 Å². The second-order valence-corrected chi connectivity index (χ2v) is 9.05. The van der Waals surface area contributed by atoms with Crippen molar-refractivity contribution in [3.63, 3.8) is 0 Å². The van der Waals surface area contributed by atoms with Gasteiger partial charge in [-0.15, -0.1) is 0 Å². The molecule has 0 spiro atoms. The fraction of sp³-hybridized carbons (Fsp3) is 0.316. The van der Waals surface area contributed by atoms with E-state index in [2.05, 4.69) is 5.27 Å². The van der Waals surface area contributed by atoms with Gasteiger partial charge in [-0.25, -0.2) is 12.7 Å². The first kappa shape index (κ1) is 19.3. The molecule has 2 heterocycles. The number of hydrogen-bond acceptors (Lipinski definition) is 6. The second kappa shape index (κ2) is 7.45. The van der Waals surface area contributed by atoms with E-state index in [4.69, 9.17) is 9.93 Å². The van der Waals surface area contributed by atoms with Gasteiger partial charge in [0.05, 0.1) is 12.3 Å². The van der Waals surface area contributed by atoms with Crippen LogP contribution in [-0.4, -0.2) is 50.4 Å². The summed E-state index contributed by atoms with van der Waals surface area (Å²) in [6.07, 6.45) is 2.65. The van der Waals surface area contributed by atoms with E-state index >= 15 is 0 Å². The Hall–Kier alpha value is -2.98. The minimum Gasteiger partial charge on any atom is -0.380 e.